The Morgan fingerprint density at radius 2 is 1.40 bits per heavy atom. The van der Waals surface area contributed by atoms with Crippen LogP contribution in [0.3, 0.4) is 0 Å². The average Bonchev–Trinajstić information content (AvgIpc) is 2.64. The lowest BCUT2D eigenvalue weighted by Gasteiger charge is -2.15. The summed E-state index contributed by atoms with van der Waals surface area (Å²) in [5.74, 6) is 0. The van der Waals surface area contributed by atoms with E-state index in [1.165, 1.54) is 12.8 Å². The lowest BCUT2D eigenvalue weighted by Crippen LogP contribution is -2.37. The van der Waals surface area contributed by atoms with E-state index in [-0.39, 0.29) is 14.2 Å². The molecule has 0 bridgehead atoms. The number of hydrogen-bond donors (Lipinski definition) is 0. The van der Waals surface area contributed by atoms with E-state index in [0.717, 1.165) is 31.0 Å². The van der Waals surface area contributed by atoms with Gasteiger partial charge in [0.2, 0.25) is 0 Å². The van der Waals surface area contributed by atoms with Gasteiger partial charge in [-0.25, -0.2) is 0 Å². The number of benzene rings is 1. The van der Waals surface area contributed by atoms with Gasteiger partial charge < -0.3 is 18.6 Å². The molecule has 0 unspecified atom stereocenters. The molecule has 0 spiro atoms. The van der Waals surface area contributed by atoms with Crippen LogP contribution < -0.4 is 5.46 Å². The maximum Gasteiger partial charge on any atom is 0.493 e. The normalized spacial score (nSPS) is 10.8. The van der Waals surface area contributed by atoms with Gasteiger partial charge in [0.05, 0.1) is 0 Å². The Hall–Kier alpha value is -0.810. The third-order valence-electron chi connectivity index (χ3n) is 3.90. The van der Waals surface area contributed by atoms with Gasteiger partial charge in [0.1, 0.15) is 0 Å². The molecule has 25 heavy (non-hydrogen) atoms. The summed E-state index contributed by atoms with van der Waals surface area (Å²) in [5, 5.41) is 0. The molecular weight excluding hydrogens is 314 g/mol. The summed E-state index contributed by atoms with van der Waals surface area (Å²) in [6.45, 7) is 8.93. The van der Waals surface area contributed by atoms with Gasteiger partial charge in [-0.1, -0.05) is 56.5 Å². The summed E-state index contributed by atoms with van der Waals surface area (Å²) in [4.78, 5) is 0. The van der Waals surface area contributed by atoms with Crippen LogP contribution in [0.2, 0.25) is 6.32 Å². The second-order valence-corrected chi connectivity index (χ2v) is 6.03. The minimum absolute atomic E-state index is 0.0574. The van der Waals surface area contributed by atoms with Crippen molar-refractivity contribution in [2.45, 2.75) is 59.2 Å². The van der Waals surface area contributed by atoms with Crippen LogP contribution >= 0.6 is 0 Å². The van der Waals surface area contributed by atoms with Crippen molar-refractivity contribution in [3.8, 4) is 0 Å². The summed E-state index contributed by atoms with van der Waals surface area (Å²) >= 11 is 0. The van der Waals surface area contributed by atoms with Crippen molar-refractivity contribution in [2.24, 2.45) is 0 Å². The first-order valence-corrected chi connectivity index (χ1v) is 9.83. The van der Waals surface area contributed by atoms with Crippen molar-refractivity contribution in [1.82, 2.24) is 0 Å². The molecular formula is C19H34B2O4. The van der Waals surface area contributed by atoms with Gasteiger partial charge in [-0.15, -0.1) is 0 Å². The lowest BCUT2D eigenvalue weighted by molar-refractivity contribution is 0.183. The fraction of sp³-hybridized carbons (Fsp3) is 0.684. The first-order valence-electron chi connectivity index (χ1n) is 9.83. The molecule has 0 fully saturated rings. The van der Waals surface area contributed by atoms with Gasteiger partial charge >= 0.3 is 14.2 Å². The monoisotopic (exact) mass is 348 g/mol. The zero-order valence-electron chi connectivity index (χ0n) is 16.2. The van der Waals surface area contributed by atoms with E-state index in [1.54, 1.807) is 0 Å². The zero-order valence-corrected chi connectivity index (χ0v) is 16.2. The summed E-state index contributed by atoms with van der Waals surface area (Å²) in [5.41, 5.74) is 1.06. The largest absolute Gasteiger partial charge is 0.493 e. The third kappa shape index (κ3) is 10.7. The molecule has 0 atom stereocenters. The molecule has 0 N–H and O–H groups in total. The van der Waals surface area contributed by atoms with Crippen molar-refractivity contribution in [3.63, 3.8) is 0 Å². The molecule has 4 nitrogen and oxygen atoms in total. The SMILES string of the molecule is CCCCCB(OCC)OCCCCOB(OCC)c1ccccc1. The average molecular weight is 348 g/mol. The molecule has 140 valence electrons. The third-order valence-corrected chi connectivity index (χ3v) is 3.90. The molecule has 6 heteroatoms. The molecule has 0 aromatic heterocycles. The lowest BCUT2D eigenvalue weighted by atomic mass is 9.79. The molecule has 0 aliphatic heterocycles. The summed E-state index contributed by atoms with van der Waals surface area (Å²) in [6.07, 6.45) is 6.52. The van der Waals surface area contributed by atoms with Crippen LogP contribution in [0.25, 0.3) is 0 Å². The highest BCUT2D eigenvalue weighted by Gasteiger charge is 2.20. The number of hydrogen-bond acceptors (Lipinski definition) is 4. The highest BCUT2D eigenvalue weighted by atomic mass is 16.6. The van der Waals surface area contributed by atoms with Crippen LogP contribution in [0.15, 0.2) is 30.3 Å². The quantitative estimate of drug-likeness (QED) is 0.335. The van der Waals surface area contributed by atoms with Crippen molar-refractivity contribution >= 4 is 19.7 Å². The Bertz CT molecular complexity index is 406. The van der Waals surface area contributed by atoms with E-state index in [2.05, 4.69) is 6.92 Å². The van der Waals surface area contributed by atoms with E-state index >= 15 is 0 Å². The summed E-state index contributed by atoms with van der Waals surface area (Å²) in [7, 11) is -0.338. The first-order chi connectivity index (χ1) is 12.3. The Morgan fingerprint density at radius 3 is 2.04 bits per heavy atom. The fourth-order valence-electron chi connectivity index (χ4n) is 2.57. The summed E-state index contributed by atoms with van der Waals surface area (Å²) < 4.78 is 23.1. The highest BCUT2D eigenvalue weighted by Crippen LogP contribution is 2.07. The topological polar surface area (TPSA) is 36.9 Å². The van der Waals surface area contributed by atoms with Gasteiger partial charge in [-0.2, -0.15) is 0 Å². The maximum atomic E-state index is 5.89. The van der Waals surface area contributed by atoms with E-state index in [0.29, 0.717) is 26.4 Å². The number of rotatable bonds is 16. The first kappa shape index (κ1) is 22.2. The van der Waals surface area contributed by atoms with Gasteiger partial charge in [0.15, 0.2) is 0 Å². The molecule has 0 saturated heterocycles. The van der Waals surface area contributed by atoms with Gasteiger partial charge in [-0.3, -0.25) is 0 Å². The van der Waals surface area contributed by atoms with Crippen molar-refractivity contribution < 1.29 is 18.6 Å². The Labute approximate surface area is 154 Å². The van der Waals surface area contributed by atoms with Crippen LogP contribution in [0.1, 0.15) is 52.9 Å². The van der Waals surface area contributed by atoms with Crippen LogP contribution in [0.5, 0.6) is 0 Å². The Kier molecular flexibility index (Phi) is 13.7. The van der Waals surface area contributed by atoms with Gasteiger partial charge in [0, 0.05) is 26.4 Å². The molecule has 0 radical (unpaired) electrons. The van der Waals surface area contributed by atoms with Crippen LogP contribution in [-0.2, 0) is 18.6 Å². The molecule has 0 aliphatic rings. The smallest absolute Gasteiger partial charge is 0.411 e. The van der Waals surface area contributed by atoms with Gasteiger partial charge in [-0.05, 0) is 38.5 Å². The molecule has 0 aliphatic carbocycles. The zero-order chi connectivity index (χ0) is 18.2. The van der Waals surface area contributed by atoms with E-state index in [4.69, 9.17) is 18.6 Å². The molecule has 0 heterocycles. The predicted molar refractivity (Wildman–Crippen MR) is 106 cm³/mol. The highest BCUT2D eigenvalue weighted by molar-refractivity contribution is 6.61. The van der Waals surface area contributed by atoms with E-state index in [1.807, 2.05) is 44.2 Å². The molecule has 1 aromatic carbocycles. The Morgan fingerprint density at radius 1 is 0.720 bits per heavy atom. The predicted octanol–water partition coefficient (Wildman–Crippen LogP) is 3.95. The molecule has 1 rings (SSSR count). The molecule has 1 aromatic rings. The van der Waals surface area contributed by atoms with Crippen molar-refractivity contribution in [1.29, 1.82) is 0 Å². The van der Waals surface area contributed by atoms with E-state index < -0.39 is 0 Å². The standard InChI is InChI=1S/C19H34B2O4/c1-4-7-11-16-20(22-5-2)24-17-12-13-18-25-21(23-6-3)19-14-9-8-10-15-19/h8-10,14-15H,4-7,11-13,16-18H2,1-3H3. The van der Waals surface area contributed by atoms with Crippen LogP contribution in [0, 0.1) is 0 Å². The minimum Gasteiger partial charge on any atom is -0.411 e. The minimum atomic E-state index is -0.280. The van der Waals surface area contributed by atoms with Crippen LogP contribution in [0.4, 0.5) is 0 Å². The molecule has 0 saturated carbocycles. The Balaban J connectivity index is 2.18. The molecule has 0 amide bonds. The maximum absolute atomic E-state index is 5.89. The second kappa shape index (κ2) is 15.4. The van der Waals surface area contributed by atoms with Gasteiger partial charge in [0.25, 0.3) is 0 Å². The van der Waals surface area contributed by atoms with Crippen molar-refractivity contribution in [2.75, 3.05) is 26.4 Å². The second-order valence-electron chi connectivity index (χ2n) is 6.03. The fourth-order valence-corrected chi connectivity index (χ4v) is 2.57. The summed E-state index contributed by atoms with van der Waals surface area (Å²) in [6, 6.07) is 10.1. The van der Waals surface area contributed by atoms with E-state index in [9.17, 15) is 0 Å². The van der Waals surface area contributed by atoms with Crippen molar-refractivity contribution in [3.05, 3.63) is 30.3 Å². The number of unbranched alkanes of at least 4 members (excludes halogenated alkanes) is 3. The van der Waals surface area contributed by atoms with Crippen LogP contribution in [-0.4, -0.2) is 40.7 Å².